The molecule has 1 fully saturated rings. The fraction of sp³-hybridized carbons (Fsp3) is 0.350. The van der Waals surface area contributed by atoms with Crippen LogP contribution in [0.1, 0.15) is 24.4 Å². The lowest BCUT2D eigenvalue weighted by atomic mass is 10.0. The SMILES string of the molecule is COc1ccc(OC)c([C@@H]2CCCN2C(=O)COc2cccc(Br)c2)c1. The van der Waals surface area contributed by atoms with Gasteiger partial charge in [0.25, 0.3) is 5.91 Å². The summed E-state index contributed by atoms with van der Waals surface area (Å²) in [6.07, 6.45) is 1.85. The standard InChI is InChI=1S/C20H22BrNO4/c1-24-15-8-9-19(25-2)17(12-15)18-7-4-10-22(18)20(23)13-26-16-6-3-5-14(21)11-16/h3,5-6,8-9,11-12,18H,4,7,10,13H2,1-2H3/t18-/m0/s1. The number of hydrogen-bond acceptors (Lipinski definition) is 4. The summed E-state index contributed by atoms with van der Waals surface area (Å²) in [5.41, 5.74) is 0.972. The van der Waals surface area contributed by atoms with Crippen molar-refractivity contribution in [2.24, 2.45) is 0 Å². The van der Waals surface area contributed by atoms with E-state index in [0.717, 1.165) is 34.4 Å². The zero-order chi connectivity index (χ0) is 18.5. The van der Waals surface area contributed by atoms with Gasteiger partial charge in [-0.15, -0.1) is 0 Å². The van der Waals surface area contributed by atoms with E-state index in [1.54, 1.807) is 14.2 Å². The van der Waals surface area contributed by atoms with Gasteiger partial charge >= 0.3 is 0 Å². The summed E-state index contributed by atoms with van der Waals surface area (Å²) >= 11 is 3.40. The highest BCUT2D eigenvalue weighted by atomic mass is 79.9. The first kappa shape index (κ1) is 18.6. The first-order chi connectivity index (χ1) is 12.6. The van der Waals surface area contributed by atoms with Gasteiger partial charge in [0.05, 0.1) is 20.3 Å². The largest absolute Gasteiger partial charge is 0.497 e. The molecule has 1 atom stereocenters. The van der Waals surface area contributed by atoms with Gasteiger partial charge in [-0.05, 0) is 49.2 Å². The van der Waals surface area contributed by atoms with E-state index >= 15 is 0 Å². The molecule has 2 aromatic carbocycles. The normalized spacial score (nSPS) is 16.4. The summed E-state index contributed by atoms with van der Waals surface area (Å²) in [5.74, 6) is 2.16. The molecule has 2 aromatic rings. The van der Waals surface area contributed by atoms with E-state index in [4.69, 9.17) is 14.2 Å². The number of benzene rings is 2. The van der Waals surface area contributed by atoms with Crippen molar-refractivity contribution in [3.05, 3.63) is 52.5 Å². The Bertz CT molecular complexity index is 780. The van der Waals surface area contributed by atoms with Gasteiger partial charge in [0.1, 0.15) is 17.2 Å². The molecule has 3 rings (SSSR count). The third-order valence-electron chi connectivity index (χ3n) is 4.53. The molecule has 0 radical (unpaired) electrons. The van der Waals surface area contributed by atoms with Gasteiger partial charge in [0.2, 0.25) is 0 Å². The molecule has 0 bridgehead atoms. The Hall–Kier alpha value is -2.21. The average Bonchev–Trinajstić information content (AvgIpc) is 3.15. The lowest BCUT2D eigenvalue weighted by Gasteiger charge is -2.26. The van der Waals surface area contributed by atoms with Crippen molar-refractivity contribution in [1.29, 1.82) is 0 Å². The number of nitrogens with zero attached hydrogens (tertiary/aromatic N) is 1. The summed E-state index contributed by atoms with van der Waals surface area (Å²) in [6.45, 7) is 0.727. The van der Waals surface area contributed by atoms with E-state index in [9.17, 15) is 4.79 Å². The van der Waals surface area contributed by atoms with Crippen LogP contribution in [0.3, 0.4) is 0 Å². The van der Waals surface area contributed by atoms with Gasteiger partial charge in [-0.3, -0.25) is 4.79 Å². The Labute approximate surface area is 162 Å². The molecule has 138 valence electrons. The predicted molar refractivity (Wildman–Crippen MR) is 103 cm³/mol. The Morgan fingerprint density at radius 2 is 2.00 bits per heavy atom. The smallest absolute Gasteiger partial charge is 0.261 e. The summed E-state index contributed by atoms with van der Waals surface area (Å²) in [7, 11) is 3.28. The minimum atomic E-state index is -0.0302. The van der Waals surface area contributed by atoms with Gasteiger partial charge in [-0.25, -0.2) is 0 Å². The molecular weight excluding hydrogens is 398 g/mol. The van der Waals surface area contributed by atoms with Gasteiger partial charge in [0.15, 0.2) is 6.61 Å². The van der Waals surface area contributed by atoms with Gasteiger partial charge in [-0.1, -0.05) is 22.0 Å². The number of carbonyl (C=O) groups excluding carboxylic acids is 1. The molecule has 1 saturated heterocycles. The van der Waals surface area contributed by atoms with E-state index in [0.29, 0.717) is 12.3 Å². The van der Waals surface area contributed by atoms with E-state index in [1.165, 1.54) is 0 Å². The fourth-order valence-corrected chi connectivity index (χ4v) is 3.65. The van der Waals surface area contributed by atoms with Crippen molar-refractivity contribution in [1.82, 2.24) is 4.90 Å². The van der Waals surface area contributed by atoms with Crippen LogP contribution < -0.4 is 14.2 Å². The van der Waals surface area contributed by atoms with Crippen LogP contribution in [0.5, 0.6) is 17.2 Å². The van der Waals surface area contributed by atoms with Crippen LogP contribution in [0.25, 0.3) is 0 Å². The highest BCUT2D eigenvalue weighted by Gasteiger charge is 2.32. The van der Waals surface area contributed by atoms with Crippen molar-refractivity contribution in [3.63, 3.8) is 0 Å². The zero-order valence-electron chi connectivity index (χ0n) is 14.9. The van der Waals surface area contributed by atoms with Crippen molar-refractivity contribution < 1.29 is 19.0 Å². The quantitative estimate of drug-likeness (QED) is 0.703. The topological polar surface area (TPSA) is 48.0 Å². The number of methoxy groups -OCH3 is 2. The van der Waals surface area contributed by atoms with E-state index in [2.05, 4.69) is 15.9 Å². The number of halogens is 1. The van der Waals surface area contributed by atoms with Crippen LogP contribution in [0.15, 0.2) is 46.9 Å². The number of hydrogen-bond donors (Lipinski definition) is 0. The van der Waals surface area contributed by atoms with Crippen molar-refractivity contribution in [2.45, 2.75) is 18.9 Å². The lowest BCUT2D eigenvalue weighted by molar-refractivity contribution is -0.134. The van der Waals surface area contributed by atoms with Crippen molar-refractivity contribution >= 4 is 21.8 Å². The molecule has 0 N–H and O–H groups in total. The lowest BCUT2D eigenvalue weighted by Crippen LogP contribution is -2.34. The van der Waals surface area contributed by atoms with Crippen molar-refractivity contribution in [3.8, 4) is 17.2 Å². The number of ether oxygens (including phenoxy) is 3. The van der Waals surface area contributed by atoms with Crippen molar-refractivity contribution in [2.75, 3.05) is 27.4 Å². The monoisotopic (exact) mass is 419 g/mol. The average molecular weight is 420 g/mol. The molecule has 5 nitrogen and oxygen atoms in total. The summed E-state index contributed by atoms with van der Waals surface area (Å²) in [5, 5.41) is 0. The second kappa shape index (κ2) is 8.45. The Morgan fingerprint density at radius 1 is 1.15 bits per heavy atom. The van der Waals surface area contributed by atoms with Crippen LogP contribution >= 0.6 is 15.9 Å². The number of likely N-dealkylation sites (tertiary alicyclic amines) is 1. The summed E-state index contributed by atoms with van der Waals surface area (Å²) in [6, 6.07) is 13.1. The van der Waals surface area contributed by atoms with Crippen LogP contribution in [0.4, 0.5) is 0 Å². The van der Waals surface area contributed by atoms with Crippen LogP contribution in [-0.4, -0.2) is 38.2 Å². The zero-order valence-corrected chi connectivity index (χ0v) is 16.5. The van der Waals surface area contributed by atoms with Crippen LogP contribution in [0, 0.1) is 0 Å². The Kier molecular flexibility index (Phi) is 6.04. The van der Waals surface area contributed by atoms with Crippen LogP contribution in [0.2, 0.25) is 0 Å². The first-order valence-corrected chi connectivity index (χ1v) is 9.31. The first-order valence-electron chi connectivity index (χ1n) is 8.52. The minimum Gasteiger partial charge on any atom is -0.497 e. The second-order valence-corrected chi connectivity index (χ2v) is 7.01. The molecule has 26 heavy (non-hydrogen) atoms. The summed E-state index contributed by atoms with van der Waals surface area (Å²) < 4.78 is 17.4. The maximum atomic E-state index is 12.8. The van der Waals surface area contributed by atoms with Gasteiger partial charge in [0, 0.05) is 16.6 Å². The molecule has 0 unspecified atom stereocenters. The molecule has 1 amide bonds. The maximum Gasteiger partial charge on any atom is 0.261 e. The maximum absolute atomic E-state index is 12.8. The molecule has 1 aliphatic heterocycles. The molecule has 6 heteroatoms. The number of rotatable bonds is 6. The highest BCUT2D eigenvalue weighted by Crippen LogP contribution is 2.39. The molecule has 1 aliphatic rings. The molecule has 0 aliphatic carbocycles. The molecular formula is C20H22BrNO4. The molecule has 1 heterocycles. The third-order valence-corrected chi connectivity index (χ3v) is 5.02. The number of amides is 1. The van der Waals surface area contributed by atoms with E-state index < -0.39 is 0 Å². The second-order valence-electron chi connectivity index (χ2n) is 6.10. The molecule has 0 spiro atoms. The predicted octanol–water partition coefficient (Wildman–Crippen LogP) is 4.21. The molecule has 0 aromatic heterocycles. The van der Waals surface area contributed by atoms with Gasteiger partial charge < -0.3 is 19.1 Å². The molecule has 0 saturated carbocycles. The van der Waals surface area contributed by atoms with Gasteiger partial charge in [-0.2, -0.15) is 0 Å². The van der Waals surface area contributed by atoms with Crippen LogP contribution in [-0.2, 0) is 4.79 Å². The highest BCUT2D eigenvalue weighted by molar-refractivity contribution is 9.10. The Balaban J connectivity index is 1.74. The summed E-state index contributed by atoms with van der Waals surface area (Å²) in [4.78, 5) is 14.6. The Morgan fingerprint density at radius 3 is 2.73 bits per heavy atom. The fourth-order valence-electron chi connectivity index (χ4n) is 3.27. The van der Waals surface area contributed by atoms with E-state index in [-0.39, 0.29) is 18.6 Å². The third kappa shape index (κ3) is 4.12. The van der Waals surface area contributed by atoms with E-state index in [1.807, 2.05) is 47.4 Å². The minimum absolute atomic E-state index is 0.0131. The number of carbonyl (C=O) groups is 1.